The molecule has 0 spiro atoms. The summed E-state index contributed by atoms with van der Waals surface area (Å²) in [5, 5.41) is 13.9. The Labute approximate surface area is 101 Å². The third kappa shape index (κ3) is 4.06. The minimum Gasteiger partial charge on any atom is -0.390 e. The zero-order valence-electron chi connectivity index (χ0n) is 11.4. The molecular formula is C14H29NO. The number of hydrogen-bond acceptors (Lipinski definition) is 2. The van der Waals surface area contributed by atoms with Gasteiger partial charge in [0, 0.05) is 0 Å². The van der Waals surface area contributed by atoms with Crippen molar-refractivity contribution in [2.75, 3.05) is 13.1 Å². The summed E-state index contributed by atoms with van der Waals surface area (Å²) in [5.74, 6) is 2.05. The van der Waals surface area contributed by atoms with Gasteiger partial charge in [-0.3, -0.25) is 0 Å². The summed E-state index contributed by atoms with van der Waals surface area (Å²) in [6.07, 6.45) is 4.61. The molecule has 3 atom stereocenters. The number of rotatable bonds is 5. The molecule has 1 rings (SSSR count). The van der Waals surface area contributed by atoms with Crippen LogP contribution in [0.1, 0.15) is 53.4 Å². The predicted octanol–water partition coefficient (Wildman–Crippen LogP) is 2.81. The van der Waals surface area contributed by atoms with Gasteiger partial charge in [-0.2, -0.15) is 0 Å². The molecule has 0 aromatic carbocycles. The second-order valence-electron chi connectivity index (χ2n) is 6.08. The van der Waals surface area contributed by atoms with E-state index < -0.39 is 5.60 Å². The van der Waals surface area contributed by atoms with Crippen LogP contribution in [0.3, 0.4) is 0 Å². The number of aliphatic hydroxyl groups is 1. The van der Waals surface area contributed by atoms with Gasteiger partial charge < -0.3 is 10.4 Å². The van der Waals surface area contributed by atoms with E-state index in [-0.39, 0.29) is 0 Å². The van der Waals surface area contributed by atoms with Crippen LogP contribution in [-0.2, 0) is 0 Å². The molecule has 2 nitrogen and oxygen atoms in total. The molecule has 1 aliphatic carbocycles. The van der Waals surface area contributed by atoms with Crippen LogP contribution < -0.4 is 5.32 Å². The van der Waals surface area contributed by atoms with Crippen molar-refractivity contribution in [3.8, 4) is 0 Å². The Morgan fingerprint density at radius 3 is 2.25 bits per heavy atom. The maximum absolute atomic E-state index is 10.6. The summed E-state index contributed by atoms with van der Waals surface area (Å²) in [7, 11) is 0. The first-order valence-electron chi connectivity index (χ1n) is 6.88. The Balaban J connectivity index is 2.46. The third-order valence-corrected chi connectivity index (χ3v) is 4.12. The quantitative estimate of drug-likeness (QED) is 0.708. The molecule has 2 N–H and O–H groups in total. The Kier molecular flexibility index (Phi) is 5.26. The lowest BCUT2D eigenvalue weighted by Gasteiger charge is -2.40. The van der Waals surface area contributed by atoms with Crippen LogP contribution in [-0.4, -0.2) is 23.8 Å². The Morgan fingerprint density at radius 1 is 1.19 bits per heavy atom. The molecule has 0 heterocycles. The van der Waals surface area contributed by atoms with Gasteiger partial charge in [-0.1, -0.05) is 20.8 Å². The van der Waals surface area contributed by atoms with Gasteiger partial charge in [-0.25, -0.2) is 0 Å². The van der Waals surface area contributed by atoms with Gasteiger partial charge in [0.05, 0.1) is 5.60 Å². The zero-order chi connectivity index (χ0) is 12.2. The van der Waals surface area contributed by atoms with Crippen LogP contribution in [0, 0.1) is 17.8 Å². The largest absolute Gasteiger partial charge is 0.390 e. The van der Waals surface area contributed by atoms with E-state index in [1.165, 1.54) is 19.3 Å². The van der Waals surface area contributed by atoms with Gasteiger partial charge in [0.25, 0.3) is 0 Å². The lowest BCUT2D eigenvalue weighted by Crippen LogP contribution is -2.41. The highest BCUT2D eigenvalue weighted by Gasteiger charge is 2.36. The van der Waals surface area contributed by atoms with Crippen molar-refractivity contribution in [3.63, 3.8) is 0 Å². The molecule has 1 aliphatic rings. The molecular weight excluding hydrogens is 198 g/mol. The second-order valence-corrected chi connectivity index (χ2v) is 6.08. The van der Waals surface area contributed by atoms with Crippen LogP contribution in [0.15, 0.2) is 0 Å². The van der Waals surface area contributed by atoms with Crippen molar-refractivity contribution in [1.29, 1.82) is 0 Å². The number of hydrogen-bond donors (Lipinski definition) is 2. The van der Waals surface area contributed by atoms with E-state index in [1.807, 2.05) is 6.92 Å². The van der Waals surface area contributed by atoms with Gasteiger partial charge in [0.1, 0.15) is 0 Å². The first-order chi connectivity index (χ1) is 7.45. The summed E-state index contributed by atoms with van der Waals surface area (Å²) in [6.45, 7) is 10.7. The molecule has 0 radical (unpaired) electrons. The molecule has 1 saturated carbocycles. The van der Waals surface area contributed by atoms with Crippen LogP contribution in [0.2, 0.25) is 0 Å². The van der Waals surface area contributed by atoms with Crippen LogP contribution in [0.5, 0.6) is 0 Å². The molecule has 0 amide bonds. The van der Waals surface area contributed by atoms with E-state index in [1.54, 1.807) is 0 Å². The molecule has 3 unspecified atom stereocenters. The van der Waals surface area contributed by atoms with Gasteiger partial charge in [0.15, 0.2) is 0 Å². The number of nitrogens with one attached hydrogen (secondary N) is 1. The van der Waals surface area contributed by atoms with Gasteiger partial charge >= 0.3 is 0 Å². The molecule has 0 aliphatic heterocycles. The van der Waals surface area contributed by atoms with Crippen molar-refractivity contribution < 1.29 is 5.11 Å². The van der Waals surface area contributed by atoms with E-state index in [0.717, 1.165) is 31.3 Å². The Bertz CT molecular complexity index is 193. The average molecular weight is 227 g/mol. The fourth-order valence-corrected chi connectivity index (χ4v) is 3.18. The summed E-state index contributed by atoms with van der Waals surface area (Å²) < 4.78 is 0. The van der Waals surface area contributed by atoms with Crippen molar-refractivity contribution in [1.82, 2.24) is 5.32 Å². The zero-order valence-corrected chi connectivity index (χ0v) is 11.4. The molecule has 0 saturated heterocycles. The maximum Gasteiger partial charge on any atom is 0.0660 e. The minimum atomic E-state index is -0.481. The van der Waals surface area contributed by atoms with E-state index in [0.29, 0.717) is 5.92 Å². The highest BCUT2D eigenvalue weighted by molar-refractivity contribution is 4.88. The highest BCUT2D eigenvalue weighted by Crippen LogP contribution is 2.39. The topological polar surface area (TPSA) is 32.3 Å². The Morgan fingerprint density at radius 2 is 1.75 bits per heavy atom. The molecule has 1 fully saturated rings. The van der Waals surface area contributed by atoms with Crippen molar-refractivity contribution >= 4 is 0 Å². The smallest absolute Gasteiger partial charge is 0.0660 e. The normalized spacial score (nSPS) is 34.7. The van der Waals surface area contributed by atoms with Crippen LogP contribution in [0.4, 0.5) is 0 Å². The molecule has 0 aromatic heterocycles. The summed E-state index contributed by atoms with van der Waals surface area (Å²) in [4.78, 5) is 0. The highest BCUT2D eigenvalue weighted by atomic mass is 16.3. The summed E-state index contributed by atoms with van der Waals surface area (Å²) in [5.41, 5.74) is -0.481. The van der Waals surface area contributed by atoms with Gasteiger partial charge in [-0.15, -0.1) is 0 Å². The van der Waals surface area contributed by atoms with E-state index >= 15 is 0 Å². The van der Waals surface area contributed by atoms with E-state index in [9.17, 15) is 5.11 Å². The second kappa shape index (κ2) is 6.02. The molecule has 2 heteroatoms. The molecule has 0 aromatic rings. The molecule has 96 valence electrons. The first kappa shape index (κ1) is 14.0. The minimum absolute atomic E-state index is 0.481. The van der Waals surface area contributed by atoms with Gasteiger partial charge in [0.2, 0.25) is 0 Å². The van der Waals surface area contributed by atoms with E-state index in [4.69, 9.17) is 0 Å². The fourth-order valence-electron chi connectivity index (χ4n) is 3.18. The lowest BCUT2D eigenvalue weighted by molar-refractivity contribution is -0.0392. The summed E-state index contributed by atoms with van der Waals surface area (Å²) >= 11 is 0. The SMILES string of the molecule is CCNCCC(C)(O)C1CC(C)CC(C)C1. The van der Waals surface area contributed by atoms with Gasteiger partial charge in [-0.05, 0) is 63.5 Å². The average Bonchev–Trinajstić information content (AvgIpc) is 2.16. The van der Waals surface area contributed by atoms with E-state index in [2.05, 4.69) is 26.1 Å². The standard InChI is InChI=1S/C14H29NO/c1-5-15-7-6-14(4,16)13-9-11(2)8-12(3)10-13/h11-13,15-16H,5-10H2,1-4H3. The fraction of sp³-hybridized carbons (Fsp3) is 1.00. The van der Waals surface area contributed by atoms with Crippen molar-refractivity contribution in [3.05, 3.63) is 0 Å². The molecule has 0 bridgehead atoms. The monoisotopic (exact) mass is 227 g/mol. The van der Waals surface area contributed by atoms with Crippen LogP contribution >= 0.6 is 0 Å². The first-order valence-corrected chi connectivity index (χ1v) is 6.88. The Hall–Kier alpha value is -0.0800. The van der Waals surface area contributed by atoms with Crippen molar-refractivity contribution in [2.45, 2.75) is 59.0 Å². The maximum atomic E-state index is 10.6. The van der Waals surface area contributed by atoms with Crippen LogP contribution in [0.25, 0.3) is 0 Å². The predicted molar refractivity (Wildman–Crippen MR) is 69.5 cm³/mol. The summed E-state index contributed by atoms with van der Waals surface area (Å²) in [6, 6.07) is 0. The van der Waals surface area contributed by atoms with Crippen molar-refractivity contribution in [2.24, 2.45) is 17.8 Å². The third-order valence-electron chi connectivity index (χ3n) is 4.12. The molecule has 16 heavy (non-hydrogen) atoms. The lowest BCUT2D eigenvalue weighted by atomic mass is 9.69.